The smallest absolute Gasteiger partial charge is 0.295 e. The van der Waals surface area contributed by atoms with E-state index in [0.29, 0.717) is 17.8 Å². The molecule has 4 heterocycles. The number of ether oxygens (including phenoxy) is 1. The molecule has 2 aliphatic rings. The van der Waals surface area contributed by atoms with Crippen LogP contribution in [-0.4, -0.2) is 65.8 Å². The number of nitrogens with zero attached hydrogens (tertiary/aromatic N) is 3. The van der Waals surface area contributed by atoms with E-state index < -0.39 is 23.5 Å². The van der Waals surface area contributed by atoms with Crippen molar-refractivity contribution in [1.29, 1.82) is 0 Å². The fourth-order valence-electron chi connectivity index (χ4n) is 4.86. The van der Waals surface area contributed by atoms with Gasteiger partial charge in [0.1, 0.15) is 13.1 Å². The lowest BCUT2D eigenvalue weighted by Crippen LogP contribution is -3.14. The Morgan fingerprint density at radius 1 is 1.17 bits per heavy atom. The highest BCUT2D eigenvalue weighted by atomic mass is 32.1. The van der Waals surface area contributed by atoms with Crippen LogP contribution in [0.5, 0.6) is 0 Å². The predicted molar refractivity (Wildman–Crippen MR) is 130 cm³/mol. The molecule has 182 valence electrons. The summed E-state index contributed by atoms with van der Waals surface area (Å²) in [5, 5.41) is 20.0. The maximum Gasteiger partial charge on any atom is 0.295 e. The number of nitrogens with one attached hydrogen (secondary N) is 1. The quantitative estimate of drug-likeness (QED) is 0.299. The summed E-state index contributed by atoms with van der Waals surface area (Å²) >= 11 is 1.45. The molecule has 0 spiro atoms. The topological polar surface area (TPSA) is 91.9 Å². The molecule has 0 saturated carbocycles. The Kier molecular flexibility index (Phi) is 6.81. The van der Waals surface area contributed by atoms with Gasteiger partial charge >= 0.3 is 0 Å². The highest BCUT2D eigenvalue weighted by Gasteiger charge is 2.44. The van der Waals surface area contributed by atoms with Crippen molar-refractivity contribution in [3.05, 3.63) is 75.7 Å². The van der Waals surface area contributed by atoms with E-state index in [2.05, 4.69) is 5.10 Å². The molecule has 5 rings (SSSR count). The molecule has 3 aromatic rings. The van der Waals surface area contributed by atoms with Crippen LogP contribution in [0.15, 0.2) is 59.6 Å². The van der Waals surface area contributed by atoms with Crippen molar-refractivity contribution >= 4 is 28.8 Å². The number of rotatable bonds is 7. The lowest BCUT2D eigenvalue weighted by Gasteiger charge is -2.28. The van der Waals surface area contributed by atoms with Crippen LogP contribution in [-0.2, 0) is 14.3 Å². The SMILES string of the molecule is Cc1c(C([O-])=C2C(=O)C(=O)N(CCC[NH+]3CCOCC3)C2c2cccs2)cnn1-c1ccccc1. The van der Waals surface area contributed by atoms with Crippen LogP contribution in [0, 0.1) is 6.92 Å². The maximum absolute atomic E-state index is 13.7. The summed E-state index contributed by atoms with van der Waals surface area (Å²) in [6.45, 7) is 6.51. The summed E-state index contributed by atoms with van der Waals surface area (Å²) in [5.74, 6) is -1.74. The zero-order chi connectivity index (χ0) is 24.4. The summed E-state index contributed by atoms with van der Waals surface area (Å²) < 4.78 is 7.10. The largest absolute Gasteiger partial charge is 0.872 e. The normalized spacial score (nSPS) is 20.6. The van der Waals surface area contributed by atoms with E-state index in [1.165, 1.54) is 22.4 Å². The van der Waals surface area contributed by atoms with Crippen molar-refractivity contribution in [3.8, 4) is 5.69 Å². The van der Waals surface area contributed by atoms with Crippen LogP contribution in [0.1, 0.15) is 28.6 Å². The Hall–Kier alpha value is -3.27. The summed E-state index contributed by atoms with van der Waals surface area (Å²) in [4.78, 5) is 30.1. The zero-order valence-electron chi connectivity index (χ0n) is 19.6. The number of carbonyl (C=O) groups is 2. The van der Waals surface area contributed by atoms with Gasteiger partial charge in [-0.1, -0.05) is 30.0 Å². The van der Waals surface area contributed by atoms with Crippen LogP contribution >= 0.6 is 11.3 Å². The second kappa shape index (κ2) is 10.2. The van der Waals surface area contributed by atoms with Gasteiger partial charge in [0.25, 0.3) is 5.91 Å². The first kappa shape index (κ1) is 23.5. The summed E-state index contributed by atoms with van der Waals surface area (Å²) in [7, 11) is 0. The van der Waals surface area contributed by atoms with Crippen molar-refractivity contribution in [2.24, 2.45) is 0 Å². The molecule has 1 unspecified atom stereocenters. The number of benzene rings is 1. The molecule has 2 aliphatic heterocycles. The van der Waals surface area contributed by atoms with E-state index in [9.17, 15) is 14.7 Å². The molecule has 1 atom stereocenters. The molecule has 0 aliphatic carbocycles. The van der Waals surface area contributed by atoms with E-state index >= 15 is 0 Å². The summed E-state index contributed by atoms with van der Waals surface area (Å²) in [6, 6.07) is 12.6. The first-order valence-corrected chi connectivity index (χ1v) is 12.8. The Labute approximate surface area is 208 Å². The minimum atomic E-state index is -0.709. The van der Waals surface area contributed by atoms with Crippen molar-refractivity contribution < 1.29 is 24.3 Å². The number of amides is 1. The number of carbonyl (C=O) groups excluding carboxylic acids is 2. The van der Waals surface area contributed by atoms with Gasteiger partial charge in [-0.3, -0.25) is 9.59 Å². The molecular weight excluding hydrogens is 464 g/mol. The van der Waals surface area contributed by atoms with Gasteiger partial charge in [0.05, 0.1) is 37.7 Å². The first-order valence-electron chi connectivity index (χ1n) is 11.9. The van der Waals surface area contributed by atoms with Crippen molar-refractivity contribution in [2.45, 2.75) is 19.4 Å². The number of para-hydroxylation sites is 1. The highest BCUT2D eigenvalue weighted by Crippen LogP contribution is 2.40. The van der Waals surface area contributed by atoms with Crippen LogP contribution in [0.3, 0.4) is 0 Å². The van der Waals surface area contributed by atoms with E-state index in [1.807, 2.05) is 47.8 Å². The number of Topliss-reactive ketones (excluding diaryl/α,β-unsaturated/α-hetero) is 1. The minimum Gasteiger partial charge on any atom is -0.872 e. The Balaban J connectivity index is 1.47. The third-order valence-electron chi connectivity index (χ3n) is 6.73. The number of ketones is 1. The summed E-state index contributed by atoms with van der Waals surface area (Å²) in [6.07, 6.45) is 2.24. The minimum absolute atomic E-state index is 0.0203. The predicted octanol–water partition coefficient (Wildman–Crippen LogP) is 0.771. The van der Waals surface area contributed by atoms with Gasteiger partial charge in [-0.15, -0.1) is 11.3 Å². The lowest BCUT2D eigenvalue weighted by atomic mass is 10.00. The lowest BCUT2D eigenvalue weighted by molar-refractivity contribution is -0.908. The molecule has 8 nitrogen and oxygen atoms in total. The molecule has 0 bridgehead atoms. The second-order valence-electron chi connectivity index (χ2n) is 8.85. The van der Waals surface area contributed by atoms with Crippen LogP contribution in [0.25, 0.3) is 11.4 Å². The van der Waals surface area contributed by atoms with Crippen LogP contribution in [0.4, 0.5) is 0 Å². The number of aromatic nitrogens is 2. The molecule has 2 aromatic heterocycles. The Morgan fingerprint density at radius 2 is 1.94 bits per heavy atom. The third-order valence-corrected chi connectivity index (χ3v) is 7.65. The standard InChI is InChI=1S/C26H28N4O4S/c1-18-20(17-27-30(18)19-7-3-2-4-8-19)24(31)22-23(21-9-5-16-35-21)29(26(33)25(22)32)11-6-10-28-12-14-34-15-13-28/h2-5,7-9,16-17,23,31H,6,10-15H2,1H3. The molecule has 1 N–H and O–H groups in total. The molecule has 1 amide bonds. The monoisotopic (exact) mass is 492 g/mol. The van der Waals surface area contributed by atoms with Gasteiger partial charge in [0.2, 0.25) is 5.78 Å². The van der Waals surface area contributed by atoms with Gasteiger partial charge in [-0.25, -0.2) is 4.68 Å². The molecule has 35 heavy (non-hydrogen) atoms. The van der Waals surface area contributed by atoms with Crippen molar-refractivity contribution in [2.75, 3.05) is 39.4 Å². The number of quaternary nitrogens is 1. The number of hydrogen-bond acceptors (Lipinski definition) is 6. The number of thiophene rings is 1. The number of hydrogen-bond donors (Lipinski definition) is 1. The van der Waals surface area contributed by atoms with E-state index in [4.69, 9.17) is 4.74 Å². The van der Waals surface area contributed by atoms with Crippen LogP contribution in [0.2, 0.25) is 0 Å². The zero-order valence-corrected chi connectivity index (χ0v) is 20.4. The van der Waals surface area contributed by atoms with Gasteiger partial charge in [0, 0.05) is 34.7 Å². The van der Waals surface area contributed by atoms with Gasteiger partial charge in [-0.2, -0.15) is 5.10 Å². The number of morpholine rings is 1. The average molecular weight is 493 g/mol. The van der Waals surface area contributed by atoms with E-state index in [1.54, 1.807) is 16.5 Å². The second-order valence-corrected chi connectivity index (χ2v) is 9.82. The molecule has 9 heteroatoms. The molecular formula is C26H28N4O4S. The Morgan fingerprint density at radius 3 is 2.66 bits per heavy atom. The number of likely N-dealkylation sites (tertiary alicyclic amines) is 1. The van der Waals surface area contributed by atoms with E-state index in [0.717, 1.165) is 49.8 Å². The maximum atomic E-state index is 13.7. The fourth-order valence-corrected chi connectivity index (χ4v) is 5.71. The van der Waals surface area contributed by atoms with Crippen molar-refractivity contribution in [1.82, 2.24) is 14.7 Å². The molecule has 1 aromatic carbocycles. The summed E-state index contributed by atoms with van der Waals surface area (Å²) in [5.41, 5.74) is 1.82. The molecule has 0 radical (unpaired) electrons. The van der Waals surface area contributed by atoms with Gasteiger partial charge in [0.15, 0.2) is 0 Å². The fraction of sp³-hybridized carbons (Fsp3) is 0.346. The molecule has 2 fully saturated rings. The average Bonchev–Trinajstić information content (AvgIpc) is 3.60. The first-order chi connectivity index (χ1) is 17.1. The van der Waals surface area contributed by atoms with Gasteiger partial charge in [-0.05, 0) is 30.5 Å². The highest BCUT2D eigenvalue weighted by molar-refractivity contribution is 7.10. The Bertz CT molecular complexity index is 1230. The third kappa shape index (κ3) is 4.54. The molecule has 2 saturated heterocycles. The van der Waals surface area contributed by atoms with Crippen molar-refractivity contribution in [3.63, 3.8) is 0 Å². The van der Waals surface area contributed by atoms with E-state index in [-0.39, 0.29) is 5.57 Å². The van der Waals surface area contributed by atoms with Crippen LogP contribution < -0.4 is 10.0 Å². The van der Waals surface area contributed by atoms with Gasteiger partial charge < -0.3 is 19.6 Å².